The summed E-state index contributed by atoms with van der Waals surface area (Å²) in [5.74, 6) is -3.30. The summed E-state index contributed by atoms with van der Waals surface area (Å²) < 4.78 is 0. The van der Waals surface area contributed by atoms with Gasteiger partial charge in [-0.15, -0.1) is 0 Å². The van der Waals surface area contributed by atoms with Gasteiger partial charge in [-0.1, -0.05) is 6.07 Å². The number of carbonyl (C=O) groups is 3. The third kappa shape index (κ3) is 8.49. The molecule has 0 radical (unpaired) electrons. The van der Waals surface area contributed by atoms with Crippen LogP contribution in [0, 0.1) is 0 Å². The molecule has 0 spiro atoms. The van der Waals surface area contributed by atoms with Crippen molar-refractivity contribution in [3.63, 3.8) is 0 Å². The van der Waals surface area contributed by atoms with Crippen molar-refractivity contribution in [1.29, 1.82) is 0 Å². The summed E-state index contributed by atoms with van der Waals surface area (Å²) in [7, 11) is 0. The van der Waals surface area contributed by atoms with Crippen LogP contribution in [0.4, 0.5) is 0 Å². The maximum absolute atomic E-state index is 10.9. The third-order valence-corrected chi connectivity index (χ3v) is 2.92. The van der Waals surface area contributed by atoms with Crippen LogP contribution in [0.2, 0.25) is 0 Å². The molecule has 0 aromatic carbocycles. The van der Waals surface area contributed by atoms with E-state index in [4.69, 9.17) is 15.3 Å². The van der Waals surface area contributed by atoms with Crippen LogP contribution < -0.4 is 0 Å². The minimum Gasteiger partial charge on any atom is -0.480 e. The molecule has 0 amide bonds. The van der Waals surface area contributed by atoms with Crippen LogP contribution in [0.15, 0.2) is 24.4 Å². The fourth-order valence-corrected chi connectivity index (χ4v) is 2.01. The maximum atomic E-state index is 10.9. The number of aliphatic carboxylic acids is 3. The van der Waals surface area contributed by atoms with Gasteiger partial charge in [0.15, 0.2) is 0 Å². The van der Waals surface area contributed by atoms with Crippen molar-refractivity contribution in [1.82, 2.24) is 14.8 Å². The Kier molecular flexibility index (Phi) is 7.64. The standard InChI is InChI=1S/C14H19N3O6/c18-12(19)8-16(7-11-3-1-2-4-15-11)5-6-17(9-13(20)21)10-14(22)23/h1-4H,5-10H2,(H,18,19)(H,20,21)(H,22,23). The Labute approximate surface area is 132 Å². The zero-order valence-electron chi connectivity index (χ0n) is 12.5. The van der Waals surface area contributed by atoms with Gasteiger partial charge in [0.25, 0.3) is 0 Å². The molecule has 9 nitrogen and oxygen atoms in total. The number of hydrogen-bond acceptors (Lipinski definition) is 6. The van der Waals surface area contributed by atoms with Gasteiger partial charge in [-0.25, -0.2) is 0 Å². The lowest BCUT2D eigenvalue weighted by Gasteiger charge is -2.24. The normalized spacial score (nSPS) is 10.9. The van der Waals surface area contributed by atoms with Crippen LogP contribution in [0.5, 0.6) is 0 Å². The van der Waals surface area contributed by atoms with E-state index in [-0.39, 0.29) is 26.2 Å². The monoisotopic (exact) mass is 325 g/mol. The van der Waals surface area contributed by atoms with Crippen LogP contribution in [-0.2, 0) is 20.9 Å². The molecule has 0 aliphatic carbocycles. The molecule has 1 aromatic heterocycles. The molecular formula is C14H19N3O6. The summed E-state index contributed by atoms with van der Waals surface area (Å²) in [6.07, 6.45) is 1.59. The van der Waals surface area contributed by atoms with E-state index in [1.807, 2.05) is 0 Å². The van der Waals surface area contributed by atoms with Gasteiger partial charge >= 0.3 is 17.9 Å². The highest BCUT2D eigenvalue weighted by Gasteiger charge is 2.17. The molecule has 1 aromatic rings. The molecule has 0 aliphatic heterocycles. The molecule has 0 fully saturated rings. The molecule has 1 rings (SSSR count). The maximum Gasteiger partial charge on any atom is 0.317 e. The van der Waals surface area contributed by atoms with E-state index in [2.05, 4.69) is 4.98 Å². The molecule has 0 atom stereocenters. The van der Waals surface area contributed by atoms with Gasteiger partial charge in [-0.05, 0) is 12.1 Å². The Morgan fingerprint density at radius 1 is 0.870 bits per heavy atom. The number of pyridine rings is 1. The molecule has 0 bridgehead atoms. The quantitative estimate of drug-likeness (QED) is 0.490. The number of carboxylic acids is 3. The molecule has 126 valence electrons. The van der Waals surface area contributed by atoms with Crippen molar-refractivity contribution in [3.05, 3.63) is 30.1 Å². The summed E-state index contributed by atoms with van der Waals surface area (Å²) in [5.41, 5.74) is 0.678. The lowest BCUT2D eigenvalue weighted by atomic mass is 10.3. The van der Waals surface area contributed by atoms with Gasteiger partial charge in [0.1, 0.15) is 0 Å². The van der Waals surface area contributed by atoms with Crippen molar-refractivity contribution in [2.75, 3.05) is 32.7 Å². The highest BCUT2D eigenvalue weighted by molar-refractivity contribution is 5.72. The number of rotatable bonds is 11. The van der Waals surface area contributed by atoms with E-state index in [0.29, 0.717) is 5.69 Å². The second-order valence-corrected chi connectivity index (χ2v) is 4.92. The lowest BCUT2D eigenvalue weighted by Crippen LogP contribution is -2.41. The largest absolute Gasteiger partial charge is 0.480 e. The highest BCUT2D eigenvalue weighted by atomic mass is 16.4. The summed E-state index contributed by atoms with van der Waals surface area (Å²) in [6, 6.07) is 5.27. The van der Waals surface area contributed by atoms with Gasteiger partial charge in [0.2, 0.25) is 0 Å². The smallest absolute Gasteiger partial charge is 0.317 e. The van der Waals surface area contributed by atoms with Crippen molar-refractivity contribution in [2.24, 2.45) is 0 Å². The van der Waals surface area contributed by atoms with Crippen molar-refractivity contribution in [3.8, 4) is 0 Å². The van der Waals surface area contributed by atoms with Crippen LogP contribution in [-0.4, -0.2) is 80.7 Å². The molecule has 9 heteroatoms. The van der Waals surface area contributed by atoms with Crippen LogP contribution in [0.25, 0.3) is 0 Å². The fraction of sp³-hybridized carbons (Fsp3) is 0.429. The highest BCUT2D eigenvalue weighted by Crippen LogP contribution is 2.02. The van der Waals surface area contributed by atoms with Crippen molar-refractivity contribution in [2.45, 2.75) is 6.54 Å². The fourth-order valence-electron chi connectivity index (χ4n) is 2.01. The molecule has 0 aliphatic rings. The predicted molar refractivity (Wildman–Crippen MR) is 78.9 cm³/mol. The van der Waals surface area contributed by atoms with Crippen LogP contribution in [0.1, 0.15) is 5.69 Å². The zero-order chi connectivity index (χ0) is 17.2. The molecule has 0 saturated carbocycles. The van der Waals surface area contributed by atoms with Crippen molar-refractivity contribution >= 4 is 17.9 Å². The Morgan fingerprint density at radius 2 is 1.39 bits per heavy atom. The molecule has 0 saturated heterocycles. The number of hydrogen-bond donors (Lipinski definition) is 3. The predicted octanol–water partition coefficient (Wildman–Crippen LogP) is -0.561. The average Bonchev–Trinajstić information content (AvgIpc) is 2.44. The van der Waals surface area contributed by atoms with Gasteiger partial charge in [0, 0.05) is 25.8 Å². The van der Waals surface area contributed by atoms with Gasteiger partial charge < -0.3 is 15.3 Å². The third-order valence-electron chi connectivity index (χ3n) is 2.92. The first-order chi connectivity index (χ1) is 10.9. The topological polar surface area (TPSA) is 131 Å². The van der Waals surface area contributed by atoms with Crippen LogP contribution >= 0.6 is 0 Å². The average molecular weight is 325 g/mol. The minimum atomic E-state index is -1.14. The number of nitrogens with zero attached hydrogens (tertiary/aromatic N) is 3. The first-order valence-corrected chi connectivity index (χ1v) is 6.87. The number of carboxylic acid groups (broad SMARTS) is 3. The first-order valence-electron chi connectivity index (χ1n) is 6.87. The van der Waals surface area contributed by atoms with E-state index in [1.54, 1.807) is 29.3 Å². The first kappa shape index (κ1) is 18.5. The summed E-state index contributed by atoms with van der Waals surface area (Å²) >= 11 is 0. The Hall–Kier alpha value is -2.52. The minimum absolute atomic E-state index is 0.124. The molecule has 3 N–H and O–H groups in total. The van der Waals surface area contributed by atoms with E-state index >= 15 is 0 Å². The molecule has 0 unspecified atom stereocenters. The van der Waals surface area contributed by atoms with Gasteiger partial charge in [-0.2, -0.15) is 0 Å². The Morgan fingerprint density at radius 3 is 1.87 bits per heavy atom. The van der Waals surface area contributed by atoms with Gasteiger partial charge in [-0.3, -0.25) is 29.2 Å². The zero-order valence-corrected chi connectivity index (χ0v) is 12.5. The number of aromatic nitrogens is 1. The van der Waals surface area contributed by atoms with Crippen LogP contribution in [0.3, 0.4) is 0 Å². The van der Waals surface area contributed by atoms with Crippen molar-refractivity contribution < 1.29 is 29.7 Å². The SMILES string of the molecule is O=C(O)CN(CCN(CC(=O)O)Cc1ccccn1)CC(=O)O. The Balaban J connectivity index is 2.65. The Bertz CT molecular complexity index is 521. The van der Waals surface area contributed by atoms with E-state index in [9.17, 15) is 14.4 Å². The summed E-state index contributed by atoms with van der Waals surface area (Å²) in [6.45, 7) is -0.471. The van der Waals surface area contributed by atoms with E-state index in [0.717, 1.165) is 0 Å². The lowest BCUT2D eigenvalue weighted by molar-refractivity contribution is -0.143. The molecular weight excluding hydrogens is 306 g/mol. The summed E-state index contributed by atoms with van der Waals surface area (Å²) in [5, 5.41) is 26.5. The second-order valence-electron chi connectivity index (χ2n) is 4.92. The molecule has 1 heterocycles. The van der Waals surface area contributed by atoms with Gasteiger partial charge in [0.05, 0.1) is 25.3 Å². The summed E-state index contributed by atoms with van der Waals surface area (Å²) in [4.78, 5) is 39.4. The molecule has 23 heavy (non-hydrogen) atoms. The van der Waals surface area contributed by atoms with E-state index in [1.165, 1.54) is 4.90 Å². The van der Waals surface area contributed by atoms with E-state index < -0.39 is 31.0 Å². The second kappa shape index (κ2) is 9.49.